The number of nitrogens with zero attached hydrogens (tertiary/aromatic N) is 3. The third-order valence-corrected chi connectivity index (χ3v) is 6.23. The lowest BCUT2D eigenvalue weighted by Crippen LogP contribution is -2.41. The number of likely N-dealkylation sites (N-methyl/N-ethyl adjacent to an activating group) is 1. The molecule has 0 aromatic carbocycles. The van der Waals surface area contributed by atoms with Gasteiger partial charge >= 0.3 is 11.8 Å². The maximum atomic E-state index is 12.3. The molecule has 3 heterocycles. The van der Waals surface area contributed by atoms with Gasteiger partial charge in [0.1, 0.15) is 5.82 Å². The van der Waals surface area contributed by atoms with Crippen molar-refractivity contribution in [3.63, 3.8) is 0 Å². The van der Waals surface area contributed by atoms with E-state index in [1.165, 1.54) is 34.5 Å². The predicted octanol–water partition coefficient (Wildman–Crippen LogP) is 3.80. The van der Waals surface area contributed by atoms with Gasteiger partial charge in [0.15, 0.2) is 0 Å². The number of anilines is 2. The van der Waals surface area contributed by atoms with E-state index in [0.717, 1.165) is 11.1 Å². The first-order valence-electron chi connectivity index (χ1n) is 10.9. The van der Waals surface area contributed by atoms with E-state index in [1.54, 1.807) is 11.3 Å². The molecule has 0 fully saturated rings. The lowest BCUT2D eigenvalue weighted by atomic mass is 10.1. The highest BCUT2D eigenvalue weighted by Crippen LogP contribution is 2.37. The molecular formula is C23H31N5O3S. The van der Waals surface area contributed by atoms with Gasteiger partial charge in [-0.3, -0.25) is 9.59 Å². The SMILES string of the molecule is C1=Cc2ncsc2CC1.CCN(CC(C)C)C(=O)C(=O)Nc1cnc(N)c2c1COC2C. The molecule has 1 unspecified atom stereocenters. The van der Waals surface area contributed by atoms with Gasteiger partial charge in [0, 0.05) is 29.1 Å². The zero-order valence-corrected chi connectivity index (χ0v) is 19.9. The first kappa shape index (κ1) is 23.9. The van der Waals surface area contributed by atoms with Crippen LogP contribution in [0.15, 0.2) is 17.8 Å². The molecular weight excluding hydrogens is 426 g/mol. The highest BCUT2D eigenvalue weighted by Gasteiger charge is 2.28. The van der Waals surface area contributed by atoms with Crippen molar-refractivity contribution in [2.75, 3.05) is 24.1 Å². The minimum atomic E-state index is -0.666. The summed E-state index contributed by atoms with van der Waals surface area (Å²) in [6, 6.07) is 0. The van der Waals surface area contributed by atoms with Crippen LogP contribution in [0.5, 0.6) is 0 Å². The van der Waals surface area contributed by atoms with Crippen LogP contribution < -0.4 is 11.1 Å². The summed E-state index contributed by atoms with van der Waals surface area (Å²) in [5.74, 6) is -0.521. The van der Waals surface area contributed by atoms with E-state index in [9.17, 15) is 9.59 Å². The number of aryl methyl sites for hydroxylation is 1. The number of thiazole rings is 1. The zero-order valence-electron chi connectivity index (χ0n) is 19.1. The van der Waals surface area contributed by atoms with Crippen molar-refractivity contribution in [1.82, 2.24) is 14.9 Å². The number of nitrogens with one attached hydrogen (secondary N) is 1. The third kappa shape index (κ3) is 5.52. The molecule has 32 heavy (non-hydrogen) atoms. The number of carbonyl (C=O) groups is 2. The minimum absolute atomic E-state index is 0.168. The Morgan fingerprint density at radius 3 is 2.84 bits per heavy atom. The van der Waals surface area contributed by atoms with Gasteiger partial charge in [0.05, 0.1) is 35.8 Å². The van der Waals surface area contributed by atoms with Crippen LogP contribution in [0.2, 0.25) is 0 Å². The Hall–Kier alpha value is -2.78. The van der Waals surface area contributed by atoms with Gasteiger partial charge in [-0.05, 0) is 38.7 Å². The van der Waals surface area contributed by atoms with Crippen LogP contribution in [0.3, 0.4) is 0 Å². The number of pyridine rings is 1. The van der Waals surface area contributed by atoms with E-state index in [0.29, 0.717) is 37.1 Å². The Morgan fingerprint density at radius 1 is 1.38 bits per heavy atom. The van der Waals surface area contributed by atoms with Gasteiger partial charge in [-0.25, -0.2) is 9.97 Å². The van der Waals surface area contributed by atoms with E-state index < -0.39 is 11.8 Å². The number of allylic oxidation sites excluding steroid dienone is 1. The third-order valence-electron chi connectivity index (χ3n) is 5.33. The summed E-state index contributed by atoms with van der Waals surface area (Å²) in [7, 11) is 0. The topological polar surface area (TPSA) is 110 Å². The van der Waals surface area contributed by atoms with E-state index in [2.05, 4.69) is 27.4 Å². The van der Waals surface area contributed by atoms with E-state index in [4.69, 9.17) is 10.5 Å². The van der Waals surface area contributed by atoms with Gasteiger partial charge in [0.2, 0.25) is 0 Å². The van der Waals surface area contributed by atoms with Gasteiger partial charge in [-0.2, -0.15) is 0 Å². The second kappa shape index (κ2) is 10.7. The van der Waals surface area contributed by atoms with Crippen LogP contribution in [-0.4, -0.2) is 39.8 Å². The van der Waals surface area contributed by atoms with Crippen molar-refractivity contribution in [1.29, 1.82) is 0 Å². The molecule has 2 aromatic rings. The lowest BCUT2D eigenvalue weighted by Gasteiger charge is -2.22. The Bertz CT molecular complexity index is 1000. The van der Waals surface area contributed by atoms with E-state index >= 15 is 0 Å². The summed E-state index contributed by atoms with van der Waals surface area (Å²) < 4.78 is 5.54. The van der Waals surface area contributed by atoms with Gasteiger partial charge in [-0.15, -0.1) is 11.3 Å². The fourth-order valence-corrected chi connectivity index (χ4v) is 4.49. The molecule has 1 atom stereocenters. The number of nitrogens with two attached hydrogens (primary N) is 1. The van der Waals surface area contributed by atoms with Crippen molar-refractivity contribution in [2.45, 2.75) is 53.2 Å². The molecule has 0 radical (unpaired) electrons. The van der Waals surface area contributed by atoms with Crippen LogP contribution >= 0.6 is 11.3 Å². The van der Waals surface area contributed by atoms with Crippen LogP contribution in [0.4, 0.5) is 11.5 Å². The fraction of sp³-hybridized carbons (Fsp3) is 0.478. The number of fused-ring (bicyclic) bond motifs is 2. The number of amides is 2. The predicted molar refractivity (Wildman–Crippen MR) is 127 cm³/mol. The molecule has 4 rings (SSSR count). The highest BCUT2D eigenvalue weighted by atomic mass is 32.1. The quantitative estimate of drug-likeness (QED) is 0.676. The first-order chi connectivity index (χ1) is 15.3. The number of rotatable bonds is 4. The summed E-state index contributed by atoms with van der Waals surface area (Å²) in [6.45, 7) is 9.11. The molecule has 0 spiro atoms. The molecule has 0 saturated heterocycles. The Morgan fingerprint density at radius 2 is 2.16 bits per heavy atom. The van der Waals surface area contributed by atoms with Crippen LogP contribution in [0.25, 0.3) is 6.08 Å². The van der Waals surface area contributed by atoms with Crippen molar-refractivity contribution in [2.24, 2.45) is 5.92 Å². The number of hydrogen-bond acceptors (Lipinski definition) is 7. The maximum absolute atomic E-state index is 12.3. The summed E-state index contributed by atoms with van der Waals surface area (Å²) in [5, 5.41) is 2.65. The second-order valence-corrected chi connectivity index (χ2v) is 9.14. The first-order valence-corrected chi connectivity index (χ1v) is 11.8. The number of ether oxygens (including phenoxy) is 1. The van der Waals surface area contributed by atoms with Crippen molar-refractivity contribution >= 4 is 40.7 Å². The summed E-state index contributed by atoms with van der Waals surface area (Å²) >= 11 is 1.76. The molecule has 172 valence electrons. The average Bonchev–Trinajstić information content (AvgIpc) is 3.41. The molecule has 1 aliphatic heterocycles. The average molecular weight is 458 g/mol. The Labute approximate surface area is 192 Å². The molecule has 8 nitrogen and oxygen atoms in total. The Balaban J connectivity index is 0.000000264. The van der Waals surface area contributed by atoms with Crippen molar-refractivity contribution < 1.29 is 14.3 Å². The molecule has 2 aromatic heterocycles. The minimum Gasteiger partial charge on any atom is -0.383 e. The van der Waals surface area contributed by atoms with Crippen molar-refractivity contribution in [3.8, 4) is 0 Å². The highest BCUT2D eigenvalue weighted by molar-refractivity contribution is 7.09. The second-order valence-electron chi connectivity index (χ2n) is 8.20. The molecule has 9 heteroatoms. The Kier molecular flexibility index (Phi) is 7.98. The fourth-order valence-electron chi connectivity index (χ4n) is 3.72. The number of aromatic nitrogens is 2. The monoisotopic (exact) mass is 457 g/mol. The van der Waals surface area contributed by atoms with E-state index in [-0.39, 0.29) is 6.10 Å². The van der Waals surface area contributed by atoms with Crippen molar-refractivity contribution in [3.05, 3.63) is 39.5 Å². The normalized spacial score (nSPS) is 16.1. The van der Waals surface area contributed by atoms with Crippen LogP contribution in [-0.2, 0) is 27.4 Å². The van der Waals surface area contributed by atoms with E-state index in [1.807, 2.05) is 33.2 Å². The largest absolute Gasteiger partial charge is 0.383 e. The molecule has 1 aliphatic carbocycles. The molecule has 0 saturated carbocycles. The number of carbonyl (C=O) groups excluding carboxylic acids is 2. The standard InChI is InChI=1S/C16H24N4O3.C7H7NS/c1-5-20(7-9(2)3)16(22)15(21)19-12-6-18-14(17)13-10(4)23-8-11(12)13;1-2-4-7-6(3-1)8-5-9-7/h6,9-10H,5,7-8H2,1-4H3,(H2,17,18)(H,19,21);1,3,5H,2,4H2. The summed E-state index contributed by atoms with van der Waals surface area (Å²) in [6.07, 6.45) is 7.97. The maximum Gasteiger partial charge on any atom is 0.313 e. The number of nitrogen functional groups attached to an aromatic ring is 1. The summed E-state index contributed by atoms with van der Waals surface area (Å²) in [5.41, 5.74) is 11.0. The molecule has 3 N–H and O–H groups in total. The van der Waals surface area contributed by atoms with Crippen LogP contribution in [0, 0.1) is 5.92 Å². The van der Waals surface area contributed by atoms with Gasteiger partial charge in [0.25, 0.3) is 0 Å². The number of hydrogen-bond donors (Lipinski definition) is 2. The molecule has 2 amide bonds. The smallest absolute Gasteiger partial charge is 0.313 e. The van der Waals surface area contributed by atoms with Crippen LogP contribution in [0.1, 0.15) is 61.9 Å². The lowest BCUT2D eigenvalue weighted by molar-refractivity contribution is -0.143. The zero-order chi connectivity index (χ0) is 23.3. The van der Waals surface area contributed by atoms with Gasteiger partial charge in [-0.1, -0.05) is 19.9 Å². The summed E-state index contributed by atoms with van der Waals surface area (Å²) in [4.78, 5) is 35.8. The molecule has 2 aliphatic rings. The van der Waals surface area contributed by atoms with Gasteiger partial charge < -0.3 is 20.7 Å². The molecule has 0 bridgehead atoms.